The molecule has 4 heterocycles. The lowest BCUT2D eigenvalue weighted by molar-refractivity contribution is 0.0698. The topological polar surface area (TPSA) is 38.8 Å². The van der Waals surface area contributed by atoms with Crippen LogP contribution in [0.15, 0.2) is 41.1 Å². The van der Waals surface area contributed by atoms with Crippen LogP contribution in [-0.2, 0) is 6.42 Å². The number of carbonyl (C=O) groups excluding carboxylic acids is 1. The van der Waals surface area contributed by atoms with E-state index in [2.05, 4.69) is 22.9 Å². The van der Waals surface area contributed by atoms with Crippen molar-refractivity contribution in [3.8, 4) is 11.5 Å². The molecule has 0 aliphatic carbocycles. The van der Waals surface area contributed by atoms with Gasteiger partial charge in [0.25, 0.3) is 5.91 Å². The number of amides is 1. The van der Waals surface area contributed by atoms with Crippen LogP contribution in [0.4, 0.5) is 0 Å². The van der Waals surface area contributed by atoms with Gasteiger partial charge in [-0.15, -0.1) is 22.7 Å². The van der Waals surface area contributed by atoms with E-state index in [9.17, 15) is 4.79 Å². The zero-order valence-electron chi connectivity index (χ0n) is 15.0. The molecule has 0 spiro atoms. The third-order valence-corrected chi connectivity index (χ3v) is 7.29. The van der Waals surface area contributed by atoms with Gasteiger partial charge in [0.15, 0.2) is 11.5 Å². The van der Waals surface area contributed by atoms with Crippen molar-refractivity contribution in [3.05, 3.63) is 67.0 Å². The number of halogens is 1. The minimum atomic E-state index is -0.0581. The summed E-state index contributed by atoms with van der Waals surface area (Å²) in [6, 6.07) is 9.69. The number of benzene rings is 1. The van der Waals surface area contributed by atoms with Crippen LogP contribution in [0.2, 0.25) is 5.02 Å². The number of carbonyl (C=O) groups is 1. The maximum atomic E-state index is 13.5. The Morgan fingerprint density at radius 2 is 2.04 bits per heavy atom. The van der Waals surface area contributed by atoms with E-state index >= 15 is 0 Å². The Morgan fingerprint density at radius 1 is 1.14 bits per heavy atom. The Hall–Kier alpha value is -2.02. The molecule has 1 atom stereocenters. The van der Waals surface area contributed by atoms with Gasteiger partial charge in [0, 0.05) is 28.3 Å². The van der Waals surface area contributed by atoms with Gasteiger partial charge in [-0.1, -0.05) is 17.7 Å². The number of thiophene rings is 2. The van der Waals surface area contributed by atoms with Crippen molar-refractivity contribution in [1.29, 1.82) is 0 Å². The second kappa shape index (κ2) is 7.43. The predicted molar refractivity (Wildman–Crippen MR) is 112 cm³/mol. The maximum Gasteiger partial charge on any atom is 0.254 e. The SMILES string of the molecule is O=C(c1cc(Cl)c2c(c1)OCCCO2)N1CCc2sccc2[C@@H]1c1cccs1. The molecule has 4 nitrogen and oxygen atoms in total. The largest absolute Gasteiger partial charge is 0.489 e. The monoisotopic (exact) mass is 431 g/mol. The first-order valence-corrected chi connectivity index (χ1v) is 11.4. The summed E-state index contributed by atoms with van der Waals surface area (Å²) in [5.41, 5.74) is 1.77. The summed E-state index contributed by atoms with van der Waals surface area (Å²) in [5.74, 6) is 1.05. The summed E-state index contributed by atoms with van der Waals surface area (Å²) in [6.45, 7) is 1.80. The molecule has 5 rings (SSSR count). The second-order valence-corrected chi connectivity index (χ2v) is 9.19. The van der Waals surface area contributed by atoms with Crippen LogP contribution in [0, 0.1) is 0 Å². The van der Waals surface area contributed by atoms with Gasteiger partial charge in [0.05, 0.1) is 24.3 Å². The van der Waals surface area contributed by atoms with Crippen LogP contribution >= 0.6 is 34.3 Å². The number of nitrogens with zero attached hydrogens (tertiary/aromatic N) is 1. The van der Waals surface area contributed by atoms with Crippen molar-refractivity contribution in [1.82, 2.24) is 4.90 Å². The smallest absolute Gasteiger partial charge is 0.254 e. The predicted octanol–water partition coefficient (Wildman–Crippen LogP) is 5.41. The van der Waals surface area contributed by atoms with Crippen LogP contribution < -0.4 is 9.47 Å². The van der Waals surface area contributed by atoms with Crippen LogP contribution in [0.25, 0.3) is 0 Å². The lowest BCUT2D eigenvalue weighted by Crippen LogP contribution is -2.39. The van der Waals surface area contributed by atoms with Gasteiger partial charge in [0.1, 0.15) is 0 Å². The zero-order chi connectivity index (χ0) is 19.1. The summed E-state index contributed by atoms with van der Waals surface area (Å²) >= 11 is 9.88. The molecule has 0 unspecified atom stereocenters. The van der Waals surface area contributed by atoms with Crippen molar-refractivity contribution >= 4 is 40.2 Å². The molecule has 2 aliphatic rings. The van der Waals surface area contributed by atoms with Gasteiger partial charge in [-0.2, -0.15) is 0 Å². The molecule has 0 saturated heterocycles. The number of ether oxygens (including phenoxy) is 2. The lowest BCUT2D eigenvalue weighted by Gasteiger charge is -2.35. The molecule has 1 amide bonds. The highest BCUT2D eigenvalue weighted by molar-refractivity contribution is 7.10. The summed E-state index contributed by atoms with van der Waals surface area (Å²) < 4.78 is 11.5. The van der Waals surface area contributed by atoms with Gasteiger partial charge in [-0.3, -0.25) is 4.79 Å². The molecule has 0 bridgehead atoms. The van der Waals surface area contributed by atoms with Gasteiger partial charge >= 0.3 is 0 Å². The summed E-state index contributed by atoms with van der Waals surface area (Å²) in [7, 11) is 0. The molecule has 144 valence electrons. The van der Waals surface area contributed by atoms with Crippen molar-refractivity contribution in [2.75, 3.05) is 19.8 Å². The van der Waals surface area contributed by atoms with E-state index in [-0.39, 0.29) is 11.9 Å². The first-order chi connectivity index (χ1) is 13.7. The Morgan fingerprint density at radius 3 is 2.89 bits per heavy atom. The Balaban J connectivity index is 1.54. The zero-order valence-corrected chi connectivity index (χ0v) is 17.4. The Bertz CT molecular complexity index is 1010. The van der Waals surface area contributed by atoms with E-state index in [1.807, 2.05) is 11.0 Å². The van der Waals surface area contributed by atoms with Gasteiger partial charge < -0.3 is 14.4 Å². The third kappa shape index (κ3) is 3.09. The quantitative estimate of drug-likeness (QED) is 0.544. The Labute approximate surface area is 176 Å². The molecule has 1 aromatic carbocycles. The van der Waals surface area contributed by atoms with E-state index < -0.39 is 0 Å². The fraction of sp³-hybridized carbons (Fsp3) is 0.286. The fourth-order valence-electron chi connectivity index (χ4n) is 3.81. The van der Waals surface area contributed by atoms with Crippen molar-refractivity contribution in [2.45, 2.75) is 18.9 Å². The lowest BCUT2D eigenvalue weighted by atomic mass is 9.97. The summed E-state index contributed by atoms with van der Waals surface area (Å²) in [6.07, 6.45) is 1.67. The molecule has 0 N–H and O–H groups in total. The number of hydrogen-bond donors (Lipinski definition) is 0. The van der Waals surface area contributed by atoms with Crippen LogP contribution in [0.3, 0.4) is 0 Å². The van der Waals surface area contributed by atoms with E-state index in [0.29, 0.717) is 41.8 Å². The molecule has 28 heavy (non-hydrogen) atoms. The van der Waals surface area contributed by atoms with E-state index in [1.54, 1.807) is 34.8 Å². The summed E-state index contributed by atoms with van der Waals surface area (Å²) in [4.78, 5) is 18.0. The first kappa shape index (κ1) is 18.0. The first-order valence-electron chi connectivity index (χ1n) is 9.22. The van der Waals surface area contributed by atoms with Crippen molar-refractivity contribution in [2.24, 2.45) is 0 Å². The number of rotatable bonds is 2. The Kier molecular flexibility index (Phi) is 4.78. The molecule has 7 heteroatoms. The fourth-order valence-corrected chi connectivity index (χ4v) is 5.83. The molecule has 0 radical (unpaired) electrons. The summed E-state index contributed by atoms with van der Waals surface area (Å²) in [5, 5.41) is 4.59. The highest BCUT2D eigenvalue weighted by atomic mass is 35.5. The molecular weight excluding hydrogens is 414 g/mol. The number of hydrogen-bond acceptors (Lipinski definition) is 5. The van der Waals surface area contributed by atoms with Crippen molar-refractivity contribution < 1.29 is 14.3 Å². The molecule has 0 saturated carbocycles. The molecular formula is C21H18ClNO3S2. The maximum absolute atomic E-state index is 13.5. The minimum Gasteiger partial charge on any atom is -0.489 e. The average molecular weight is 432 g/mol. The highest BCUT2D eigenvalue weighted by Crippen LogP contribution is 2.42. The third-order valence-electron chi connectivity index (χ3n) is 5.09. The van der Waals surface area contributed by atoms with E-state index in [1.165, 1.54) is 15.3 Å². The highest BCUT2D eigenvalue weighted by Gasteiger charge is 2.34. The molecule has 2 aromatic heterocycles. The van der Waals surface area contributed by atoms with Crippen LogP contribution in [0.5, 0.6) is 11.5 Å². The van der Waals surface area contributed by atoms with Crippen LogP contribution in [0.1, 0.15) is 38.1 Å². The van der Waals surface area contributed by atoms with E-state index in [0.717, 1.165) is 12.8 Å². The second-order valence-electron chi connectivity index (χ2n) is 6.80. The van der Waals surface area contributed by atoms with E-state index in [4.69, 9.17) is 21.1 Å². The van der Waals surface area contributed by atoms with Gasteiger partial charge in [0.2, 0.25) is 0 Å². The molecule has 3 aromatic rings. The van der Waals surface area contributed by atoms with Crippen LogP contribution in [-0.4, -0.2) is 30.6 Å². The minimum absolute atomic E-state index is 0.0344. The normalized spacial score (nSPS) is 18.5. The van der Waals surface area contributed by atoms with Gasteiger partial charge in [-0.25, -0.2) is 0 Å². The standard InChI is InChI=1S/C21H18ClNO3S2/c22-15-11-13(12-16-20(15)26-8-2-7-25-16)21(24)23-6-4-17-14(5-10-28-17)19(23)18-3-1-9-27-18/h1,3,5,9-12,19H,2,4,6-8H2/t19-/m1/s1. The molecule has 2 aliphatic heterocycles. The van der Waals surface area contributed by atoms with Crippen molar-refractivity contribution in [3.63, 3.8) is 0 Å². The number of fused-ring (bicyclic) bond motifs is 2. The molecule has 0 fully saturated rings. The van der Waals surface area contributed by atoms with Gasteiger partial charge in [-0.05, 0) is 47.0 Å². The average Bonchev–Trinajstić information content (AvgIpc) is 3.34.